The lowest BCUT2D eigenvalue weighted by Crippen LogP contribution is -2.45. The number of nitrogens with one attached hydrogen (secondary N) is 2. The molecule has 1 heterocycles. The van der Waals surface area contributed by atoms with Crippen molar-refractivity contribution < 1.29 is 0 Å². The van der Waals surface area contributed by atoms with Gasteiger partial charge in [-0.15, -0.1) is 0 Å². The van der Waals surface area contributed by atoms with E-state index in [0.717, 1.165) is 18.3 Å². The van der Waals surface area contributed by atoms with Crippen LogP contribution in [0.2, 0.25) is 0 Å². The highest BCUT2D eigenvalue weighted by atomic mass is 15.4. The van der Waals surface area contributed by atoms with E-state index in [-0.39, 0.29) is 11.6 Å². The Morgan fingerprint density at radius 3 is 2.59 bits per heavy atom. The first-order valence-corrected chi connectivity index (χ1v) is 9.47. The minimum Gasteiger partial charge on any atom is -0.357 e. The van der Waals surface area contributed by atoms with Gasteiger partial charge in [-0.05, 0) is 33.3 Å². The normalized spacial score (nSPS) is 13.5. The van der Waals surface area contributed by atoms with Crippen molar-refractivity contribution in [3.8, 4) is 0 Å². The minimum atomic E-state index is -0.137. The summed E-state index contributed by atoms with van der Waals surface area (Å²) in [6.07, 6.45) is 1.57. The fourth-order valence-corrected chi connectivity index (χ4v) is 2.95. The summed E-state index contributed by atoms with van der Waals surface area (Å²) in [5.74, 6) is 1.76. The van der Waals surface area contributed by atoms with E-state index in [1.165, 1.54) is 5.56 Å². The van der Waals surface area contributed by atoms with Crippen molar-refractivity contribution in [2.24, 2.45) is 12.0 Å². The standard InChI is InChI=1S/C20H33N7/c1-7-21-19(26(5)13-18-23-15-24-27(18)6)22-14-20(3,4)25-16(2)17-11-9-8-10-12-17/h8-12,15-16,25H,7,13-14H2,1-6H3,(H,21,22). The van der Waals surface area contributed by atoms with Gasteiger partial charge in [0.1, 0.15) is 12.2 Å². The van der Waals surface area contributed by atoms with Crippen LogP contribution in [0, 0.1) is 0 Å². The Labute approximate surface area is 162 Å². The number of guanidine groups is 1. The summed E-state index contributed by atoms with van der Waals surface area (Å²) in [7, 11) is 3.92. The molecule has 1 atom stereocenters. The number of aliphatic imine (C=N–C) groups is 1. The second-order valence-corrected chi connectivity index (χ2v) is 7.49. The van der Waals surface area contributed by atoms with E-state index >= 15 is 0 Å². The lowest BCUT2D eigenvalue weighted by molar-refractivity contribution is 0.353. The first-order valence-electron chi connectivity index (χ1n) is 9.47. The minimum absolute atomic E-state index is 0.137. The van der Waals surface area contributed by atoms with Crippen molar-refractivity contribution in [1.82, 2.24) is 30.3 Å². The summed E-state index contributed by atoms with van der Waals surface area (Å²) in [5, 5.41) is 11.2. The van der Waals surface area contributed by atoms with Crippen LogP contribution in [0.5, 0.6) is 0 Å². The molecular weight excluding hydrogens is 338 g/mol. The molecule has 2 N–H and O–H groups in total. The van der Waals surface area contributed by atoms with Crippen LogP contribution in [0.4, 0.5) is 0 Å². The Kier molecular flexibility index (Phi) is 7.36. The van der Waals surface area contributed by atoms with Crippen LogP contribution in [0.25, 0.3) is 0 Å². The molecule has 148 valence electrons. The van der Waals surface area contributed by atoms with Crippen LogP contribution in [0.15, 0.2) is 41.7 Å². The molecule has 0 bridgehead atoms. The average Bonchev–Trinajstić information content (AvgIpc) is 3.03. The van der Waals surface area contributed by atoms with E-state index in [4.69, 9.17) is 4.99 Å². The zero-order valence-electron chi connectivity index (χ0n) is 17.4. The third-order valence-corrected chi connectivity index (χ3v) is 4.41. The van der Waals surface area contributed by atoms with Gasteiger partial charge in [0.15, 0.2) is 5.96 Å². The molecule has 0 amide bonds. The van der Waals surface area contributed by atoms with E-state index in [0.29, 0.717) is 13.1 Å². The molecular formula is C20H33N7. The monoisotopic (exact) mass is 371 g/mol. The maximum absolute atomic E-state index is 4.85. The topological polar surface area (TPSA) is 70.4 Å². The van der Waals surface area contributed by atoms with Crippen molar-refractivity contribution in [1.29, 1.82) is 0 Å². The molecule has 1 aromatic heterocycles. The average molecular weight is 372 g/mol. The van der Waals surface area contributed by atoms with Gasteiger partial charge in [-0.2, -0.15) is 5.10 Å². The van der Waals surface area contributed by atoms with Crippen molar-refractivity contribution in [2.45, 2.75) is 45.8 Å². The molecule has 0 fully saturated rings. The number of hydrogen-bond acceptors (Lipinski definition) is 4. The molecule has 0 radical (unpaired) electrons. The van der Waals surface area contributed by atoms with Gasteiger partial charge in [-0.25, -0.2) is 4.98 Å². The van der Waals surface area contributed by atoms with Crippen molar-refractivity contribution in [2.75, 3.05) is 20.1 Å². The molecule has 7 nitrogen and oxygen atoms in total. The van der Waals surface area contributed by atoms with Crippen LogP contribution in [-0.2, 0) is 13.6 Å². The van der Waals surface area contributed by atoms with Gasteiger partial charge < -0.3 is 15.5 Å². The van der Waals surface area contributed by atoms with E-state index in [1.807, 2.05) is 20.2 Å². The largest absolute Gasteiger partial charge is 0.357 e. The van der Waals surface area contributed by atoms with Crippen LogP contribution in [0.3, 0.4) is 0 Å². The predicted molar refractivity (Wildman–Crippen MR) is 111 cm³/mol. The zero-order valence-corrected chi connectivity index (χ0v) is 17.4. The van der Waals surface area contributed by atoms with Crippen molar-refractivity contribution in [3.63, 3.8) is 0 Å². The summed E-state index contributed by atoms with van der Waals surface area (Å²) < 4.78 is 1.78. The number of hydrogen-bond donors (Lipinski definition) is 2. The Morgan fingerprint density at radius 2 is 2.00 bits per heavy atom. The molecule has 1 aromatic carbocycles. The number of aryl methyl sites for hydroxylation is 1. The smallest absolute Gasteiger partial charge is 0.194 e. The summed E-state index contributed by atoms with van der Waals surface area (Å²) in [5.41, 5.74) is 1.14. The highest BCUT2D eigenvalue weighted by molar-refractivity contribution is 5.79. The molecule has 7 heteroatoms. The third kappa shape index (κ3) is 6.36. The first-order chi connectivity index (χ1) is 12.8. The summed E-state index contributed by atoms with van der Waals surface area (Å²) in [6, 6.07) is 10.7. The van der Waals surface area contributed by atoms with Gasteiger partial charge in [0, 0.05) is 32.2 Å². The third-order valence-electron chi connectivity index (χ3n) is 4.41. The van der Waals surface area contributed by atoms with Crippen LogP contribution in [-0.4, -0.2) is 51.3 Å². The summed E-state index contributed by atoms with van der Waals surface area (Å²) in [4.78, 5) is 11.2. The highest BCUT2D eigenvalue weighted by Gasteiger charge is 2.21. The van der Waals surface area contributed by atoms with Crippen LogP contribution < -0.4 is 10.6 Å². The molecule has 0 saturated heterocycles. The molecule has 2 rings (SSSR count). The number of aromatic nitrogens is 3. The van der Waals surface area contributed by atoms with Crippen molar-refractivity contribution in [3.05, 3.63) is 48.0 Å². The van der Waals surface area contributed by atoms with Gasteiger partial charge in [0.05, 0.1) is 13.1 Å². The van der Waals surface area contributed by atoms with Gasteiger partial charge in [-0.3, -0.25) is 9.67 Å². The van der Waals surface area contributed by atoms with Gasteiger partial charge in [-0.1, -0.05) is 30.3 Å². The summed E-state index contributed by atoms with van der Waals surface area (Å²) >= 11 is 0. The van der Waals surface area contributed by atoms with E-state index < -0.39 is 0 Å². The Morgan fingerprint density at radius 1 is 1.30 bits per heavy atom. The highest BCUT2D eigenvalue weighted by Crippen LogP contribution is 2.16. The fourth-order valence-electron chi connectivity index (χ4n) is 2.95. The first kappa shape index (κ1) is 20.9. The predicted octanol–water partition coefficient (Wildman–Crippen LogP) is 2.34. The molecule has 0 aliphatic carbocycles. The maximum atomic E-state index is 4.85. The Hall–Kier alpha value is -2.41. The molecule has 1 unspecified atom stereocenters. The molecule has 0 spiro atoms. The quantitative estimate of drug-likeness (QED) is 0.551. The SMILES string of the molecule is CCNC(=NCC(C)(C)NC(C)c1ccccc1)N(C)Cc1ncnn1C. The summed E-state index contributed by atoms with van der Waals surface area (Å²) in [6.45, 7) is 10.8. The number of benzene rings is 1. The van der Waals surface area contributed by atoms with Gasteiger partial charge in [0.2, 0.25) is 0 Å². The van der Waals surface area contributed by atoms with Gasteiger partial charge >= 0.3 is 0 Å². The van der Waals surface area contributed by atoms with Crippen LogP contribution >= 0.6 is 0 Å². The molecule has 27 heavy (non-hydrogen) atoms. The van der Waals surface area contributed by atoms with E-state index in [2.05, 4.69) is 77.6 Å². The van der Waals surface area contributed by atoms with Crippen LogP contribution in [0.1, 0.15) is 45.1 Å². The second kappa shape index (κ2) is 9.50. The van der Waals surface area contributed by atoms with E-state index in [1.54, 1.807) is 11.0 Å². The Bertz CT molecular complexity index is 721. The molecule has 0 saturated carbocycles. The second-order valence-electron chi connectivity index (χ2n) is 7.49. The van der Waals surface area contributed by atoms with Crippen molar-refractivity contribution >= 4 is 5.96 Å². The Balaban J connectivity index is 2.02. The molecule has 0 aliphatic heterocycles. The lowest BCUT2D eigenvalue weighted by atomic mass is 10.0. The lowest BCUT2D eigenvalue weighted by Gasteiger charge is -2.30. The maximum Gasteiger partial charge on any atom is 0.194 e. The number of rotatable bonds is 8. The number of nitrogens with zero attached hydrogens (tertiary/aromatic N) is 5. The van der Waals surface area contributed by atoms with Gasteiger partial charge in [0.25, 0.3) is 0 Å². The molecule has 2 aromatic rings. The zero-order chi connectivity index (χ0) is 19.9. The fraction of sp³-hybridized carbons (Fsp3) is 0.550. The van der Waals surface area contributed by atoms with E-state index in [9.17, 15) is 0 Å². The molecule has 0 aliphatic rings.